The lowest BCUT2D eigenvalue weighted by Crippen LogP contribution is -2.12. The number of nitrogens with zero attached hydrogens (tertiary/aromatic N) is 2. The van der Waals surface area contributed by atoms with Gasteiger partial charge < -0.3 is 9.88 Å². The number of imidazole rings is 1. The molecule has 0 atom stereocenters. The summed E-state index contributed by atoms with van der Waals surface area (Å²) in [6.45, 7) is 0.984. The zero-order valence-corrected chi connectivity index (χ0v) is 9.84. The molecule has 2 rings (SSSR count). The minimum absolute atomic E-state index is 0.984. The maximum atomic E-state index is 4.46. The molecule has 0 aliphatic rings. The van der Waals surface area contributed by atoms with E-state index < -0.39 is 0 Å². The lowest BCUT2D eigenvalue weighted by molar-refractivity contribution is 0.739. The number of aromatic nitrogens is 2. The molecular formula is C11H15N3S. The maximum Gasteiger partial charge on any atom is 0.101 e. The van der Waals surface area contributed by atoms with Gasteiger partial charge in [0, 0.05) is 25.7 Å². The van der Waals surface area contributed by atoms with Gasteiger partial charge in [-0.05, 0) is 18.5 Å². The zero-order chi connectivity index (χ0) is 10.7. The van der Waals surface area contributed by atoms with Gasteiger partial charge in [-0.15, -0.1) is 11.3 Å². The van der Waals surface area contributed by atoms with Gasteiger partial charge in [-0.3, -0.25) is 0 Å². The lowest BCUT2D eigenvalue weighted by Gasteiger charge is -2.04. The van der Waals surface area contributed by atoms with Gasteiger partial charge in [-0.2, -0.15) is 0 Å². The molecule has 0 amide bonds. The van der Waals surface area contributed by atoms with E-state index in [1.165, 1.54) is 10.6 Å². The van der Waals surface area contributed by atoms with E-state index in [2.05, 4.69) is 39.4 Å². The fourth-order valence-corrected chi connectivity index (χ4v) is 2.36. The van der Waals surface area contributed by atoms with Gasteiger partial charge in [-0.25, -0.2) is 4.98 Å². The summed E-state index contributed by atoms with van der Waals surface area (Å²) in [4.78, 5) is 5.71. The SMILES string of the molecule is CNCCc1c(-c2cccs2)ncn1C. The third-order valence-corrected chi connectivity index (χ3v) is 3.30. The molecule has 15 heavy (non-hydrogen) atoms. The summed E-state index contributed by atoms with van der Waals surface area (Å²) < 4.78 is 2.10. The van der Waals surface area contributed by atoms with E-state index in [9.17, 15) is 0 Å². The summed E-state index contributed by atoms with van der Waals surface area (Å²) >= 11 is 1.74. The Morgan fingerprint density at radius 2 is 2.40 bits per heavy atom. The average Bonchev–Trinajstić information content (AvgIpc) is 2.84. The molecule has 0 saturated carbocycles. The van der Waals surface area contributed by atoms with Crippen molar-refractivity contribution in [3.63, 3.8) is 0 Å². The highest BCUT2D eigenvalue weighted by atomic mass is 32.1. The predicted octanol–water partition coefficient (Wildman–Crippen LogP) is 1.91. The Kier molecular flexibility index (Phi) is 3.18. The van der Waals surface area contributed by atoms with E-state index in [0.717, 1.165) is 18.7 Å². The Morgan fingerprint density at radius 1 is 1.53 bits per heavy atom. The first kappa shape index (κ1) is 10.4. The van der Waals surface area contributed by atoms with Crippen LogP contribution in [0.1, 0.15) is 5.69 Å². The minimum atomic E-state index is 0.984. The predicted molar refractivity (Wildman–Crippen MR) is 64.2 cm³/mol. The van der Waals surface area contributed by atoms with E-state index >= 15 is 0 Å². The second-order valence-corrected chi connectivity index (χ2v) is 4.43. The number of nitrogens with one attached hydrogen (secondary N) is 1. The van der Waals surface area contributed by atoms with Crippen molar-refractivity contribution >= 4 is 11.3 Å². The van der Waals surface area contributed by atoms with Crippen LogP contribution in [0.15, 0.2) is 23.8 Å². The molecule has 0 saturated heterocycles. The molecule has 0 aliphatic heterocycles. The van der Waals surface area contributed by atoms with Crippen molar-refractivity contribution in [3.8, 4) is 10.6 Å². The largest absolute Gasteiger partial charge is 0.337 e. The van der Waals surface area contributed by atoms with Crippen LogP contribution in [0.5, 0.6) is 0 Å². The highest BCUT2D eigenvalue weighted by Gasteiger charge is 2.10. The topological polar surface area (TPSA) is 29.9 Å². The van der Waals surface area contributed by atoms with Crippen LogP contribution in [0.3, 0.4) is 0 Å². The average molecular weight is 221 g/mol. The van der Waals surface area contributed by atoms with Crippen LogP contribution in [-0.4, -0.2) is 23.1 Å². The molecule has 4 heteroatoms. The molecule has 0 bridgehead atoms. The number of likely N-dealkylation sites (N-methyl/N-ethyl adjacent to an activating group) is 1. The fraction of sp³-hybridized carbons (Fsp3) is 0.364. The fourth-order valence-electron chi connectivity index (χ4n) is 1.61. The van der Waals surface area contributed by atoms with Crippen molar-refractivity contribution in [2.24, 2.45) is 7.05 Å². The van der Waals surface area contributed by atoms with Crippen molar-refractivity contribution in [1.82, 2.24) is 14.9 Å². The Morgan fingerprint density at radius 3 is 3.07 bits per heavy atom. The molecule has 80 valence electrons. The van der Waals surface area contributed by atoms with Gasteiger partial charge in [0.2, 0.25) is 0 Å². The molecule has 0 fully saturated rings. The van der Waals surface area contributed by atoms with Gasteiger partial charge >= 0.3 is 0 Å². The molecule has 0 aromatic carbocycles. The minimum Gasteiger partial charge on any atom is -0.337 e. The Labute approximate surface area is 93.8 Å². The first-order valence-electron chi connectivity index (χ1n) is 5.01. The van der Waals surface area contributed by atoms with E-state index in [0.29, 0.717) is 0 Å². The quantitative estimate of drug-likeness (QED) is 0.854. The number of rotatable bonds is 4. The van der Waals surface area contributed by atoms with Crippen molar-refractivity contribution < 1.29 is 0 Å². The molecule has 2 aromatic heterocycles. The van der Waals surface area contributed by atoms with Gasteiger partial charge in [-0.1, -0.05) is 6.07 Å². The third-order valence-electron chi connectivity index (χ3n) is 2.43. The summed E-state index contributed by atoms with van der Waals surface area (Å²) in [5.41, 5.74) is 2.43. The van der Waals surface area contributed by atoms with Gasteiger partial charge in [0.15, 0.2) is 0 Å². The number of aryl methyl sites for hydroxylation is 1. The lowest BCUT2D eigenvalue weighted by atomic mass is 10.2. The highest BCUT2D eigenvalue weighted by Crippen LogP contribution is 2.26. The molecule has 0 unspecified atom stereocenters. The van der Waals surface area contributed by atoms with E-state index in [1.54, 1.807) is 11.3 Å². The van der Waals surface area contributed by atoms with E-state index in [-0.39, 0.29) is 0 Å². The number of hydrogen-bond acceptors (Lipinski definition) is 3. The first-order chi connectivity index (χ1) is 7.33. The second kappa shape index (κ2) is 4.59. The van der Waals surface area contributed by atoms with Crippen LogP contribution in [0.2, 0.25) is 0 Å². The number of thiophene rings is 1. The maximum absolute atomic E-state index is 4.46. The van der Waals surface area contributed by atoms with Crippen LogP contribution in [0, 0.1) is 0 Å². The molecule has 3 nitrogen and oxygen atoms in total. The Balaban J connectivity index is 2.31. The van der Waals surface area contributed by atoms with Crippen LogP contribution in [-0.2, 0) is 13.5 Å². The van der Waals surface area contributed by atoms with Crippen LogP contribution in [0.25, 0.3) is 10.6 Å². The first-order valence-corrected chi connectivity index (χ1v) is 5.89. The van der Waals surface area contributed by atoms with Crippen molar-refractivity contribution in [2.75, 3.05) is 13.6 Å². The summed E-state index contributed by atoms with van der Waals surface area (Å²) in [7, 11) is 4.02. The second-order valence-electron chi connectivity index (χ2n) is 3.48. The normalized spacial score (nSPS) is 10.8. The van der Waals surface area contributed by atoms with Crippen molar-refractivity contribution in [2.45, 2.75) is 6.42 Å². The van der Waals surface area contributed by atoms with Crippen LogP contribution < -0.4 is 5.32 Å². The summed E-state index contributed by atoms with van der Waals surface area (Å²) in [6.07, 6.45) is 2.90. The van der Waals surface area contributed by atoms with Gasteiger partial charge in [0.1, 0.15) is 5.69 Å². The molecule has 0 aliphatic carbocycles. The molecule has 0 radical (unpaired) electrons. The zero-order valence-electron chi connectivity index (χ0n) is 9.03. The standard InChI is InChI=1S/C11H15N3S/c1-12-6-5-9-11(13-8-14(9)2)10-4-3-7-15-10/h3-4,7-8,12H,5-6H2,1-2H3. The molecular weight excluding hydrogens is 206 g/mol. The monoisotopic (exact) mass is 221 g/mol. The third kappa shape index (κ3) is 2.11. The Bertz CT molecular complexity index is 417. The summed E-state index contributed by atoms with van der Waals surface area (Å²) in [5, 5.41) is 5.26. The Hall–Kier alpha value is -1.13. The van der Waals surface area contributed by atoms with Gasteiger partial charge in [0.25, 0.3) is 0 Å². The smallest absolute Gasteiger partial charge is 0.101 e. The molecule has 1 N–H and O–H groups in total. The number of hydrogen-bond donors (Lipinski definition) is 1. The van der Waals surface area contributed by atoms with Crippen molar-refractivity contribution in [3.05, 3.63) is 29.5 Å². The van der Waals surface area contributed by atoms with Crippen LogP contribution in [0.4, 0.5) is 0 Å². The molecule has 2 aromatic rings. The highest BCUT2D eigenvalue weighted by molar-refractivity contribution is 7.13. The summed E-state index contributed by atoms with van der Waals surface area (Å²) in [5.74, 6) is 0. The molecule has 2 heterocycles. The van der Waals surface area contributed by atoms with E-state index in [4.69, 9.17) is 0 Å². The molecule has 0 spiro atoms. The summed E-state index contributed by atoms with van der Waals surface area (Å²) in [6, 6.07) is 4.19. The van der Waals surface area contributed by atoms with Crippen LogP contribution >= 0.6 is 11.3 Å². The van der Waals surface area contributed by atoms with Gasteiger partial charge in [0.05, 0.1) is 11.2 Å². The van der Waals surface area contributed by atoms with Crippen molar-refractivity contribution in [1.29, 1.82) is 0 Å². The van der Waals surface area contributed by atoms with E-state index in [1.807, 2.05) is 13.4 Å².